The second kappa shape index (κ2) is 7.05. The summed E-state index contributed by atoms with van der Waals surface area (Å²) in [5.41, 5.74) is 4.12. The van der Waals surface area contributed by atoms with E-state index in [4.69, 9.17) is 0 Å². The first kappa shape index (κ1) is 17.6. The predicted molar refractivity (Wildman–Crippen MR) is 108 cm³/mol. The van der Waals surface area contributed by atoms with Crippen molar-refractivity contribution in [2.45, 2.75) is 24.3 Å². The molecule has 3 nitrogen and oxygen atoms in total. The van der Waals surface area contributed by atoms with Crippen molar-refractivity contribution in [3.05, 3.63) is 108 Å². The molecule has 1 atom stereocenters. The van der Waals surface area contributed by atoms with Gasteiger partial charge in [-0.2, -0.15) is 0 Å². The van der Waals surface area contributed by atoms with E-state index in [1.54, 1.807) is 18.3 Å². The molecule has 0 amide bonds. The van der Waals surface area contributed by atoms with Gasteiger partial charge in [0.05, 0.1) is 10.9 Å². The van der Waals surface area contributed by atoms with Gasteiger partial charge in [-0.3, -0.25) is 4.31 Å². The molecule has 0 saturated heterocycles. The van der Waals surface area contributed by atoms with E-state index in [-0.39, 0.29) is 6.04 Å². The van der Waals surface area contributed by atoms with Crippen molar-refractivity contribution in [1.82, 2.24) is 4.31 Å². The van der Waals surface area contributed by atoms with Crippen molar-refractivity contribution in [2.24, 2.45) is 0 Å². The Morgan fingerprint density at radius 2 is 1.41 bits per heavy atom. The Labute approximate surface area is 160 Å². The van der Waals surface area contributed by atoms with Gasteiger partial charge in [0.25, 0.3) is 10.0 Å². The fourth-order valence-electron chi connectivity index (χ4n) is 3.45. The molecule has 1 aliphatic rings. The third-order valence-electron chi connectivity index (χ3n) is 4.93. The summed E-state index contributed by atoms with van der Waals surface area (Å²) >= 11 is 0. The molecule has 1 aliphatic heterocycles. The monoisotopic (exact) mass is 375 g/mol. The van der Waals surface area contributed by atoms with Crippen molar-refractivity contribution >= 4 is 15.6 Å². The Hall–Kier alpha value is -2.85. The molecule has 0 radical (unpaired) electrons. The lowest BCUT2D eigenvalue weighted by Crippen LogP contribution is -2.27. The molecule has 3 aromatic rings. The lowest BCUT2D eigenvalue weighted by Gasteiger charge is -2.25. The van der Waals surface area contributed by atoms with Gasteiger partial charge in [0.2, 0.25) is 0 Å². The summed E-state index contributed by atoms with van der Waals surface area (Å²) in [4.78, 5) is 0.319. The molecule has 0 saturated carbocycles. The van der Waals surface area contributed by atoms with Crippen LogP contribution >= 0.6 is 0 Å². The summed E-state index contributed by atoms with van der Waals surface area (Å²) in [6, 6.07) is 26.6. The van der Waals surface area contributed by atoms with Gasteiger partial charge in [-0.25, -0.2) is 8.42 Å². The highest BCUT2D eigenvalue weighted by Gasteiger charge is 2.35. The quantitative estimate of drug-likeness (QED) is 0.631. The Morgan fingerprint density at radius 3 is 2.04 bits per heavy atom. The fourth-order valence-corrected chi connectivity index (χ4v) is 4.97. The Morgan fingerprint density at radius 1 is 0.815 bits per heavy atom. The molecule has 1 heterocycles. The summed E-state index contributed by atoms with van der Waals surface area (Å²) < 4.78 is 28.3. The maximum absolute atomic E-state index is 13.4. The van der Waals surface area contributed by atoms with Crippen LogP contribution in [0.5, 0.6) is 0 Å². The maximum Gasteiger partial charge on any atom is 0.264 e. The summed E-state index contributed by atoms with van der Waals surface area (Å²) in [5, 5.41) is 0. The van der Waals surface area contributed by atoms with Crippen LogP contribution in [0.4, 0.5) is 0 Å². The summed E-state index contributed by atoms with van der Waals surface area (Å²) in [5.74, 6) is 0. The van der Waals surface area contributed by atoms with Crippen LogP contribution in [0.1, 0.15) is 29.2 Å². The van der Waals surface area contributed by atoms with Gasteiger partial charge in [0.15, 0.2) is 0 Å². The molecule has 27 heavy (non-hydrogen) atoms. The van der Waals surface area contributed by atoms with Crippen molar-refractivity contribution in [2.75, 3.05) is 0 Å². The zero-order chi connectivity index (χ0) is 18.9. The average molecular weight is 375 g/mol. The minimum absolute atomic E-state index is 0.243. The van der Waals surface area contributed by atoms with Gasteiger partial charge >= 0.3 is 0 Å². The van der Waals surface area contributed by atoms with Gasteiger partial charge in [-0.05, 0) is 35.8 Å². The van der Waals surface area contributed by atoms with E-state index in [1.165, 1.54) is 4.31 Å². The molecule has 1 unspecified atom stereocenters. The fraction of sp³-hybridized carbons (Fsp3) is 0.130. The largest absolute Gasteiger partial charge is 0.265 e. The topological polar surface area (TPSA) is 37.4 Å². The first-order valence-electron chi connectivity index (χ1n) is 8.97. The van der Waals surface area contributed by atoms with Gasteiger partial charge in [-0.1, -0.05) is 78.4 Å². The Bertz CT molecular complexity index is 1060. The molecule has 4 heteroatoms. The Balaban J connectivity index is 1.80. The lowest BCUT2D eigenvalue weighted by molar-refractivity contribution is 0.435. The summed E-state index contributed by atoms with van der Waals surface area (Å²) in [6.45, 7) is 1.95. The SMILES string of the molecule is Cc1ccc(S(=O)(=O)N2C=C(c3ccccc3)CC2c2ccccc2)cc1. The van der Waals surface area contributed by atoms with Crippen molar-refractivity contribution in [3.8, 4) is 0 Å². The number of benzene rings is 3. The number of aryl methyl sites for hydroxylation is 1. The van der Waals surface area contributed by atoms with Crippen LogP contribution in [0.25, 0.3) is 5.57 Å². The second-order valence-electron chi connectivity index (χ2n) is 6.80. The van der Waals surface area contributed by atoms with E-state index < -0.39 is 10.0 Å². The number of sulfonamides is 1. The highest BCUT2D eigenvalue weighted by atomic mass is 32.2. The molecule has 0 aromatic heterocycles. The summed E-state index contributed by atoms with van der Waals surface area (Å²) in [6.07, 6.45) is 2.45. The van der Waals surface area contributed by atoms with Crippen molar-refractivity contribution < 1.29 is 8.42 Å². The van der Waals surface area contributed by atoms with Gasteiger partial charge in [0, 0.05) is 12.6 Å². The number of rotatable bonds is 4. The first-order valence-corrected chi connectivity index (χ1v) is 10.4. The average Bonchev–Trinajstić information content (AvgIpc) is 3.16. The zero-order valence-corrected chi connectivity index (χ0v) is 15.9. The zero-order valence-electron chi connectivity index (χ0n) is 15.1. The molecule has 0 fully saturated rings. The molecule has 3 aromatic carbocycles. The standard InChI is InChI=1S/C23H21NO2S/c1-18-12-14-22(15-13-18)27(25,26)24-17-21(19-8-4-2-5-9-19)16-23(24)20-10-6-3-7-11-20/h2-15,17,23H,16H2,1H3. The third kappa shape index (κ3) is 3.40. The second-order valence-corrected chi connectivity index (χ2v) is 8.64. The molecular formula is C23H21NO2S. The van der Waals surface area contributed by atoms with Crippen molar-refractivity contribution in [1.29, 1.82) is 0 Å². The Kier molecular flexibility index (Phi) is 4.58. The maximum atomic E-state index is 13.4. The van der Waals surface area contributed by atoms with E-state index in [0.29, 0.717) is 11.3 Å². The van der Waals surface area contributed by atoms with Crippen LogP contribution < -0.4 is 0 Å². The minimum atomic E-state index is -3.64. The van der Waals surface area contributed by atoms with Gasteiger partial charge in [-0.15, -0.1) is 0 Å². The van der Waals surface area contributed by atoms with Crippen LogP contribution in [0.3, 0.4) is 0 Å². The number of hydrogen-bond acceptors (Lipinski definition) is 2. The molecule has 0 aliphatic carbocycles. The third-order valence-corrected chi connectivity index (χ3v) is 6.71. The van der Waals surface area contributed by atoms with E-state index in [9.17, 15) is 8.42 Å². The molecule has 136 valence electrons. The van der Waals surface area contributed by atoms with E-state index in [0.717, 1.165) is 22.3 Å². The molecule has 0 bridgehead atoms. The van der Waals surface area contributed by atoms with Crippen LogP contribution in [-0.2, 0) is 10.0 Å². The highest BCUT2D eigenvalue weighted by Crippen LogP contribution is 2.42. The number of hydrogen-bond donors (Lipinski definition) is 0. The van der Waals surface area contributed by atoms with E-state index in [1.807, 2.05) is 79.7 Å². The summed E-state index contributed by atoms with van der Waals surface area (Å²) in [7, 11) is -3.64. The molecular weight excluding hydrogens is 354 g/mol. The number of nitrogens with zero attached hydrogens (tertiary/aromatic N) is 1. The van der Waals surface area contributed by atoms with Gasteiger partial charge in [0.1, 0.15) is 0 Å². The van der Waals surface area contributed by atoms with Crippen LogP contribution in [0.2, 0.25) is 0 Å². The molecule has 0 N–H and O–H groups in total. The minimum Gasteiger partial charge on any atom is -0.265 e. The lowest BCUT2D eigenvalue weighted by atomic mass is 9.98. The van der Waals surface area contributed by atoms with Crippen LogP contribution in [0, 0.1) is 6.92 Å². The molecule has 4 rings (SSSR count). The van der Waals surface area contributed by atoms with E-state index >= 15 is 0 Å². The van der Waals surface area contributed by atoms with Gasteiger partial charge < -0.3 is 0 Å². The predicted octanol–water partition coefficient (Wildman–Crippen LogP) is 5.17. The molecule has 0 spiro atoms. The van der Waals surface area contributed by atoms with Crippen molar-refractivity contribution in [3.63, 3.8) is 0 Å². The highest BCUT2D eigenvalue weighted by molar-refractivity contribution is 7.89. The van der Waals surface area contributed by atoms with Crippen LogP contribution in [-0.4, -0.2) is 12.7 Å². The smallest absolute Gasteiger partial charge is 0.264 e. The first-order chi connectivity index (χ1) is 13.1. The van der Waals surface area contributed by atoms with Crippen LogP contribution in [0.15, 0.2) is 96.0 Å². The van der Waals surface area contributed by atoms with E-state index in [2.05, 4.69) is 0 Å². The normalized spacial score (nSPS) is 17.0.